The van der Waals surface area contributed by atoms with E-state index in [1.807, 2.05) is 0 Å². The molecule has 2 unspecified atom stereocenters. The maximum atomic E-state index is 10.9. The average Bonchev–Trinajstić information content (AvgIpc) is 2.53. The van der Waals surface area contributed by atoms with Gasteiger partial charge in [0.05, 0.1) is 11.2 Å². The minimum absolute atomic E-state index is 0.165. The molecule has 0 aromatic heterocycles. The average molecular weight is 239 g/mol. The van der Waals surface area contributed by atoms with Crippen LogP contribution in [0.2, 0.25) is 0 Å². The quantitative estimate of drug-likeness (QED) is 0.733. The van der Waals surface area contributed by atoms with Crippen LogP contribution in [0.4, 0.5) is 0 Å². The predicted molar refractivity (Wildman–Crippen MR) is 66.9 cm³/mol. The van der Waals surface area contributed by atoms with Crippen molar-refractivity contribution in [2.75, 3.05) is 19.7 Å². The summed E-state index contributed by atoms with van der Waals surface area (Å²) in [7, 11) is 0. The van der Waals surface area contributed by atoms with Gasteiger partial charge < -0.3 is 15.2 Å². The lowest BCUT2D eigenvalue weighted by atomic mass is 9.66. The molecule has 1 saturated carbocycles. The monoisotopic (exact) mass is 239 g/mol. The highest BCUT2D eigenvalue weighted by Crippen LogP contribution is 2.48. The maximum Gasteiger partial charge on any atom is 0.0690 e. The highest BCUT2D eigenvalue weighted by Gasteiger charge is 2.48. The van der Waals surface area contributed by atoms with E-state index in [1.165, 1.54) is 19.3 Å². The van der Waals surface area contributed by atoms with Gasteiger partial charge in [0.25, 0.3) is 0 Å². The normalized spacial score (nSPS) is 41.8. The first-order chi connectivity index (χ1) is 8.23. The zero-order valence-corrected chi connectivity index (χ0v) is 10.7. The molecule has 3 nitrogen and oxygen atoms in total. The zero-order chi connectivity index (χ0) is 11.8. The third-order valence-corrected chi connectivity index (χ3v) is 5.22. The van der Waals surface area contributed by atoms with Crippen LogP contribution in [0.1, 0.15) is 51.4 Å². The van der Waals surface area contributed by atoms with Crippen LogP contribution in [0, 0.1) is 5.92 Å². The number of rotatable bonds is 1. The van der Waals surface area contributed by atoms with Crippen LogP contribution >= 0.6 is 0 Å². The smallest absolute Gasteiger partial charge is 0.0690 e. The predicted octanol–water partition coefficient (Wildman–Crippen LogP) is 1.84. The molecular weight excluding hydrogens is 214 g/mol. The van der Waals surface area contributed by atoms with Gasteiger partial charge in [-0.3, -0.25) is 0 Å². The van der Waals surface area contributed by atoms with Gasteiger partial charge in [-0.1, -0.05) is 0 Å². The van der Waals surface area contributed by atoms with Gasteiger partial charge in [0.1, 0.15) is 0 Å². The number of hydrogen-bond acceptors (Lipinski definition) is 3. The zero-order valence-electron chi connectivity index (χ0n) is 10.7. The molecule has 2 N–H and O–H groups in total. The van der Waals surface area contributed by atoms with Crippen molar-refractivity contribution in [3.8, 4) is 0 Å². The molecule has 3 aliphatic rings. The van der Waals surface area contributed by atoms with E-state index in [0.29, 0.717) is 5.92 Å². The van der Waals surface area contributed by atoms with Crippen molar-refractivity contribution in [3.05, 3.63) is 0 Å². The maximum absolute atomic E-state index is 10.9. The first kappa shape index (κ1) is 11.9. The fourth-order valence-corrected chi connectivity index (χ4v) is 3.89. The van der Waals surface area contributed by atoms with Gasteiger partial charge in [-0.05, 0) is 70.4 Å². The minimum Gasteiger partial charge on any atom is -0.390 e. The van der Waals surface area contributed by atoms with Gasteiger partial charge in [-0.2, -0.15) is 0 Å². The standard InChI is InChI=1S/C14H25NO2/c16-14(6-2-8-15-9-7-14)12-3-10-17-13(11-12)4-1-5-13/h12,15-16H,1-11H2. The van der Waals surface area contributed by atoms with E-state index in [0.717, 1.165) is 51.8 Å². The van der Waals surface area contributed by atoms with E-state index in [9.17, 15) is 5.11 Å². The second-order valence-corrected chi connectivity index (χ2v) is 6.28. The Morgan fingerprint density at radius 1 is 1.06 bits per heavy atom. The topological polar surface area (TPSA) is 41.5 Å². The van der Waals surface area contributed by atoms with Crippen molar-refractivity contribution in [1.29, 1.82) is 0 Å². The van der Waals surface area contributed by atoms with Gasteiger partial charge >= 0.3 is 0 Å². The summed E-state index contributed by atoms with van der Waals surface area (Å²) >= 11 is 0. The van der Waals surface area contributed by atoms with Gasteiger partial charge in [0.2, 0.25) is 0 Å². The lowest BCUT2D eigenvalue weighted by Gasteiger charge is -2.51. The third kappa shape index (κ3) is 2.25. The van der Waals surface area contributed by atoms with Gasteiger partial charge in [-0.25, -0.2) is 0 Å². The van der Waals surface area contributed by atoms with Crippen LogP contribution in [-0.2, 0) is 4.74 Å². The van der Waals surface area contributed by atoms with Gasteiger partial charge in [0.15, 0.2) is 0 Å². The lowest BCUT2D eigenvalue weighted by Crippen LogP contribution is -2.51. The molecule has 2 heterocycles. The Hall–Kier alpha value is -0.120. The van der Waals surface area contributed by atoms with Crippen molar-refractivity contribution in [3.63, 3.8) is 0 Å². The summed E-state index contributed by atoms with van der Waals surface area (Å²) < 4.78 is 5.97. The fraction of sp³-hybridized carbons (Fsp3) is 1.00. The first-order valence-electron chi connectivity index (χ1n) is 7.30. The highest BCUT2D eigenvalue weighted by molar-refractivity contribution is 5.00. The number of ether oxygens (including phenoxy) is 1. The van der Waals surface area contributed by atoms with Crippen molar-refractivity contribution in [2.24, 2.45) is 5.92 Å². The van der Waals surface area contributed by atoms with E-state index in [4.69, 9.17) is 4.74 Å². The van der Waals surface area contributed by atoms with Crippen molar-refractivity contribution in [2.45, 2.75) is 62.6 Å². The van der Waals surface area contributed by atoms with E-state index >= 15 is 0 Å². The number of hydrogen-bond donors (Lipinski definition) is 2. The van der Waals surface area contributed by atoms with E-state index in [-0.39, 0.29) is 5.60 Å². The summed E-state index contributed by atoms with van der Waals surface area (Å²) in [5.74, 6) is 0.469. The van der Waals surface area contributed by atoms with Crippen molar-refractivity contribution < 1.29 is 9.84 Å². The van der Waals surface area contributed by atoms with Crippen LogP contribution in [0.3, 0.4) is 0 Å². The summed E-state index contributed by atoms with van der Waals surface area (Å²) in [6.45, 7) is 2.90. The Morgan fingerprint density at radius 3 is 2.71 bits per heavy atom. The summed E-state index contributed by atoms with van der Waals surface area (Å²) in [5.41, 5.74) is -0.256. The van der Waals surface area contributed by atoms with E-state index in [2.05, 4.69) is 5.32 Å². The summed E-state index contributed by atoms with van der Waals surface area (Å²) in [6.07, 6.45) is 8.92. The summed E-state index contributed by atoms with van der Waals surface area (Å²) in [4.78, 5) is 0. The molecule has 3 heteroatoms. The van der Waals surface area contributed by atoms with E-state index < -0.39 is 5.60 Å². The molecule has 3 rings (SSSR count). The molecule has 0 amide bonds. The van der Waals surface area contributed by atoms with Gasteiger partial charge in [0, 0.05) is 6.61 Å². The molecule has 2 saturated heterocycles. The molecule has 98 valence electrons. The summed E-state index contributed by atoms with van der Waals surface area (Å²) in [5, 5.41) is 14.3. The first-order valence-corrected chi connectivity index (χ1v) is 7.30. The van der Waals surface area contributed by atoms with Crippen LogP contribution < -0.4 is 5.32 Å². The third-order valence-electron chi connectivity index (χ3n) is 5.22. The van der Waals surface area contributed by atoms with E-state index in [1.54, 1.807) is 0 Å². The van der Waals surface area contributed by atoms with Crippen LogP contribution in [0.25, 0.3) is 0 Å². The molecule has 2 aliphatic heterocycles. The Morgan fingerprint density at radius 2 is 1.94 bits per heavy atom. The van der Waals surface area contributed by atoms with Crippen molar-refractivity contribution >= 4 is 0 Å². The van der Waals surface area contributed by atoms with Crippen LogP contribution in [-0.4, -0.2) is 36.0 Å². The van der Waals surface area contributed by atoms with Crippen molar-refractivity contribution in [1.82, 2.24) is 5.32 Å². The molecular formula is C14H25NO2. The molecule has 2 atom stereocenters. The largest absolute Gasteiger partial charge is 0.390 e. The Kier molecular flexibility index (Phi) is 3.18. The molecule has 3 fully saturated rings. The molecule has 1 aliphatic carbocycles. The summed E-state index contributed by atoms with van der Waals surface area (Å²) in [6, 6.07) is 0. The Bertz CT molecular complexity index is 267. The second-order valence-electron chi connectivity index (χ2n) is 6.28. The van der Waals surface area contributed by atoms with Crippen LogP contribution in [0.15, 0.2) is 0 Å². The lowest BCUT2D eigenvalue weighted by molar-refractivity contribution is -0.177. The SMILES string of the molecule is OC1(C2CCOC3(CCC3)C2)CCCNCC1. The molecule has 1 spiro atoms. The Labute approximate surface area is 104 Å². The molecule has 0 radical (unpaired) electrons. The van der Waals surface area contributed by atoms with Gasteiger partial charge in [-0.15, -0.1) is 0 Å². The molecule has 0 aromatic carbocycles. The second kappa shape index (κ2) is 4.52. The Balaban J connectivity index is 1.69. The fourth-order valence-electron chi connectivity index (χ4n) is 3.89. The molecule has 0 aromatic rings. The minimum atomic E-state index is -0.421. The molecule has 17 heavy (non-hydrogen) atoms. The number of aliphatic hydroxyl groups is 1. The molecule has 0 bridgehead atoms. The van der Waals surface area contributed by atoms with Crippen LogP contribution in [0.5, 0.6) is 0 Å². The highest BCUT2D eigenvalue weighted by atomic mass is 16.5. The number of nitrogens with one attached hydrogen (secondary N) is 1.